The Morgan fingerprint density at radius 1 is 1.21 bits per heavy atom. The molecule has 0 unspecified atom stereocenters. The number of hydrogen-bond acceptors (Lipinski definition) is 2. The van der Waals surface area contributed by atoms with Gasteiger partial charge in [-0.15, -0.1) is 0 Å². The van der Waals surface area contributed by atoms with Crippen LogP contribution in [-0.2, 0) is 4.74 Å². The number of nitrogens with one attached hydrogen (secondary N) is 1. The van der Waals surface area contributed by atoms with E-state index in [4.69, 9.17) is 4.74 Å². The summed E-state index contributed by atoms with van der Waals surface area (Å²) in [5.41, 5.74) is 0.218. The van der Waals surface area contributed by atoms with Crippen LogP contribution in [0.5, 0.6) is 0 Å². The van der Waals surface area contributed by atoms with Crippen LogP contribution < -0.4 is 5.32 Å². The third-order valence-corrected chi connectivity index (χ3v) is 2.88. The molecule has 0 aromatic rings. The Morgan fingerprint density at radius 3 is 2.21 bits per heavy atom. The molecule has 84 valence electrons. The molecule has 2 heteroatoms. The van der Waals surface area contributed by atoms with Gasteiger partial charge >= 0.3 is 0 Å². The Morgan fingerprint density at radius 2 is 1.86 bits per heavy atom. The Kier molecular flexibility index (Phi) is 4.39. The molecule has 1 aliphatic carbocycles. The van der Waals surface area contributed by atoms with Crippen LogP contribution in [0, 0.1) is 0 Å². The predicted molar refractivity (Wildman–Crippen MR) is 60.6 cm³/mol. The molecule has 0 aliphatic heterocycles. The number of ether oxygens (including phenoxy) is 1. The number of rotatable bonds is 6. The van der Waals surface area contributed by atoms with Crippen molar-refractivity contribution in [2.75, 3.05) is 6.54 Å². The van der Waals surface area contributed by atoms with Crippen molar-refractivity contribution in [1.29, 1.82) is 0 Å². The van der Waals surface area contributed by atoms with Crippen molar-refractivity contribution in [3.8, 4) is 0 Å². The summed E-state index contributed by atoms with van der Waals surface area (Å²) < 4.78 is 6.02. The van der Waals surface area contributed by atoms with Crippen molar-refractivity contribution in [2.45, 2.75) is 71.1 Å². The third kappa shape index (κ3) is 3.58. The van der Waals surface area contributed by atoms with Gasteiger partial charge in [0.1, 0.15) is 0 Å². The molecular weight excluding hydrogens is 174 g/mol. The summed E-state index contributed by atoms with van der Waals surface area (Å²) in [4.78, 5) is 0. The molecule has 0 aromatic carbocycles. The maximum atomic E-state index is 6.02. The minimum Gasteiger partial charge on any atom is -0.372 e. The molecule has 1 fully saturated rings. The van der Waals surface area contributed by atoms with Gasteiger partial charge in [0.05, 0.1) is 11.7 Å². The van der Waals surface area contributed by atoms with E-state index < -0.39 is 0 Å². The first-order valence-corrected chi connectivity index (χ1v) is 5.95. The SMILES string of the molecule is CC(C)NCCC1(OC(C)C)CCC1. The molecule has 14 heavy (non-hydrogen) atoms. The smallest absolute Gasteiger partial charge is 0.0698 e. The first-order valence-electron chi connectivity index (χ1n) is 5.95. The van der Waals surface area contributed by atoms with E-state index in [-0.39, 0.29) is 5.60 Å². The van der Waals surface area contributed by atoms with Gasteiger partial charge in [-0.2, -0.15) is 0 Å². The van der Waals surface area contributed by atoms with E-state index in [1.165, 1.54) is 25.7 Å². The van der Waals surface area contributed by atoms with Crippen molar-refractivity contribution >= 4 is 0 Å². The van der Waals surface area contributed by atoms with Crippen LogP contribution in [-0.4, -0.2) is 24.3 Å². The lowest BCUT2D eigenvalue weighted by molar-refractivity contribution is -0.132. The summed E-state index contributed by atoms with van der Waals surface area (Å²) in [6.45, 7) is 9.74. The summed E-state index contributed by atoms with van der Waals surface area (Å²) in [6.07, 6.45) is 5.39. The van der Waals surface area contributed by atoms with Crippen LogP contribution in [0.4, 0.5) is 0 Å². The fourth-order valence-corrected chi connectivity index (χ4v) is 2.09. The average Bonchev–Trinajstić information content (AvgIpc) is 1.98. The molecule has 0 saturated heterocycles. The maximum Gasteiger partial charge on any atom is 0.0698 e. The lowest BCUT2D eigenvalue weighted by Gasteiger charge is -2.43. The van der Waals surface area contributed by atoms with Crippen LogP contribution in [0.15, 0.2) is 0 Å². The number of hydrogen-bond donors (Lipinski definition) is 1. The predicted octanol–water partition coefficient (Wildman–Crippen LogP) is 2.72. The molecule has 1 aliphatic rings. The molecule has 0 atom stereocenters. The van der Waals surface area contributed by atoms with Gasteiger partial charge in [-0.1, -0.05) is 13.8 Å². The van der Waals surface area contributed by atoms with E-state index in [0.717, 1.165) is 6.54 Å². The van der Waals surface area contributed by atoms with E-state index >= 15 is 0 Å². The molecule has 1 N–H and O–H groups in total. The standard InChI is InChI=1S/C12H25NO/c1-10(2)13-9-8-12(6-5-7-12)14-11(3)4/h10-11,13H,5-9H2,1-4H3. The van der Waals surface area contributed by atoms with Crippen LogP contribution in [0.1, 0.15) is 53.4 Å². The quantitative estimate of drug-likeness (QED) is 0.710. The van der Waals surface area contributed by atoms with Gasteiger partial charge in [-0.05, 0) is 46.1 Å². The van der Waals surface area contributed by atoms with Gasteiger partial charge in [0.2, 0.25) is 0 Å². The Balaban J connectivity index is 2.23. The second kappa shape index (κ2) is 5.13. The summed E-state index contributed by atoms with van der Waals surface area (Å²) in [5, 5.41) is 3.46. The summed E-state index contributed by atoms with van der Waals surface area (Å²) in [5.74, 6) is 0. The fraction of sp³-hybridized carbons (Fsp3) is 1.00. The van der Waals surface area contributed by atoms with Gasteiger partial charge in [0, 0.05) is 6.04 Å². The Hall–Kier alpha value is -0.0800. The topological polar surface area (TPSA) is 21.3 Å². The summed E-state index contributed by atoms with van der Waals surface area (Å²) >= 11 is 0. The van der Waals surface area contributed by atoms with Gasteiger partial charge in [-0.3, -0.25) is 0 Å². The molecule has 1 rings (SSSR count). The Bertz CT molecular complexity index is 162. The van der Waals surface area contributed by atoms with E-state index in [9.17, 15) is 0 Å². The molecule has 0 aromatic heterocycles. The highest BCUT2D eigenvalue weighted by Crippen LogP contribution is 2.39. The molecular formula is C12H25NO. The van der Waals surface area contributed by atoms with Crippen LogP contribution in [0.25, 0.3) is 0 Å². The molecule has 0 spiro atoms. The molecule has 0 heterocycles. The zero-order valence-electron chi connectivity index (χ0n) is 10.1. The second-order valence-corrected chi connectivity index (χ2v) is 5.06. The minimum absolute atomic E-state index is 0.218. The first-order chi connectivity index (χ1) is 6.54. The highest BCUT2D eigenvalue weighted by molar-refractivity contribution is 4.90. The highest BCUT2D eigenvalue weighted by atomic mass is 16.5. The van der Waals surface area contributed by atoms with Crippen LogP contribution in [0.3, 0.4) is 0 Å². The van der Waals surface area contributed by atoms with Gasteiger partial charge in [0.25, 0.3) is 0 Å². The fourth-order valence-electron chi connectivity index (χ4n) is 2.09. The van der Waals surface area contributed by atoms with E-state index in [1.54, 1.807) is 0 Å². The summed E-state index contributed by atoms with van der Waals surface area (Å²) in [7, 11) is 0. The normalized spacial score (nSPS) is 20.1. The van der Waals surface area contributed by atoms with E-state index in [0.29, 0.717) is 12.1 Å². The lowest BCUT2D eigenvalue weighted by atomic mass is 9.77. The first kappa shape index (κ1) is 12.0. The zero-order chi connectivity index (χ0) is 10.6. The average molecular weight is 199 g/mol. The van der Waals surface area contributed by atoms with E-state index in [2.05, 4.69) is 33.0 Å². The monoisotopic (exact) mass is 199 g/mol. The summed E-state index contributed by atoms with van der Waals surface area (Å²) in [6, 6.07) is 0.589. The largest absolute Gasteiger partial charge is 0.372 e. The van der Waals surface area contributed by atoms with Crippen molar-refractivity contribution in [2.24, 2.45) is 0 Å². The Labute approximate surface area is 88.4 Å². The van der Waals surface area contributed by atoms with Gasteiger partial charge in [-0.25, -0.2) is 0 Å². The maximum absolute atomic E-state index is 6.02. The van der Waals surface area contributed by atoms with Crippen molar-refractivity contribution in [3.63, 3.8) is 0 Å². The lowest BCUT2D eigenvalue weighted by Crippen LogP contribution is -2.44. The minimum atomic E-state index is 0.218. The third-order valence-electron chi connectivity index (χ3n) is 2.88. The zero-order valence-corrected chi connectivity index (χ0v) is 10.1. The molecule has 0 radical (unpaired) electrons. The molecule has 0 bridgehead atoms. The van der Waals surface area contributed by atoms with Crippen molar-refractivity contribution in [1.82, 2.24) is 5.32 Å². The molecule has 1 saturated carbocycles. The van der Waals surface area contributed by atoms with Gasteiger partial charge < -0.3 is 10.1 Å². The van der Waals surface area contributed by atoms with Crippen molar-refractivity contribution < 1.29 is 4.74 Å². The van der Waals surface area contributed by atoms with E-state index in [1.807, 2.05) is 0 Å². The second-order valence-electron chi connectivity index (χ2n) is 5.06. The highest BCUT2D eigenvalue weighted by Gasteiger charge is 2.38. The van der Waals surface area contributed by atoms with Crippen LogP contribution in [0.2, 0.25) is 0 Å². The van der Waals surface area contributed by atoms with Crippen LogP contribution >= 0.6 is 0 Å². The van der Waals surface area contributed by atoms with Gasteiger partial charge in [0.15, 0.2) is 0 Å². The molecule has 0 amide bonds. The molecule has 2 nitrogen and oxygen atoms in total. The van der Waals surface area contributed by atoms with Crippen molar-refractivity contribution in [3.05, 3.63) is 0 Å².